The molecular formula is C14H22N2O5. The predicted molar refractivity (Wildman–Crippen MR) is 73.7 cm³/mol. The van der Waals surface area contributed by atoms with E-state index in [-0.39, 0.29) is 18.6 Å². The number of carbonyl (C=O) groups excluding carboxylic acids is 2. The van der Waals surface area contributed by atoms with Gasteiger partial charge in [-0.15, -0.1) is 0 Å². The van der Waals surface area contributed by atoms with Gasteiger partial charge in [0.1, 0.15) is 18.7 Å². The van der Waals surface area contributed by atoms with Gasteiger partial charge in [-0.1, -0.05) is 6.42 Å². The molecule has 118 valence electrons. The fourth-order valence-electron chi connectivity index (χ4n) is 2.95. The van der Waals surface area contributed by atoms with Crippen molar-refractivity contribution in [3.63, 3.8) is 0 Å². The number of carboxylic acid groups (broad SMARTS) is 1. The quantitative estimate of drug-likeness (QED) is 0.811. The van der Waals surface area contributed by atoms with E-state index in [1.54, 1.807) is 0 Å². The number of amides is 2. The highest BCUT2D eigenvalue weighted by Crippen LogP contribution is 2.20. The van der Waals surface area contributed by atoms with Crippen molar-refractivity contribution >= 4 is 18.0 Å². The van der Waals surface area contributed by atoms with Crippen LogP contribution in [0.1, 0.15) is 44.9 Å². The fraction of sp³-hybridized carbons (Fsp3) is 0.786. The van der Waals surface area contributed by atoms with Crippen LogP contribution in [0.3, 0.4) is 0 Å². The molecular weight excluding hydrogens is 276 g/mol. The summed E-state index contributed by atoms with van der Waals surface area (Å²) in [6, 6.07) is -0.770. The first-order valence-electron chi connectivity index (χ1n) is 7.54. The summed E-state index contributed by atoms with van der Waals surface area (Å²) in [4.78, 5) is 35.9. The molecule has 0 bridgehead atoms. The minimum Gasteiger partial charge on any atom is -0.480 e. The number of nitrogens with one attached hydrogen (secondary N) is 1. The van der Waals surface area contributed by atoms with Crippen molar-refractivity contribution < 1.29 is 24.2 Å². The van der Waals surface area contributed by atoms with Crippen LogP contribution in [0.5, 0.6) is 0 Å². The largest absolute Gasteiger partial charge is 0.480 e. The maximum atomic E-state index is 11.9. The molecule has 0 aromatic carbocycles. The number of hydrogen-bond acceptors (Lipinski definition) is 4. The molecule has 7 nitrogen and oxygen atoms in total. The summed E-state index contributed by atoms with van der Waals surface area (Å²) < 4.78 is 5.24. The van der Waals surface area contributed by atoms with Crippen LogP contribution in [0.2, 0.25) is 0 Å². The van der Waals surface area contributed by atoms with Gasteiger partial charge < -0.3 is 20.1 Å². The lowest BCUT2D eigenvalue weighted by Gasteiger charge is -2.23. The zero-order chi connectivity index (χ0) is 15.2. The van der Waals surface area contributed by atoms with E-state index in [1.165, 1.54) is 11.3 Å². The number of rotatable bonds is 4. The number of carboxylic acids is 1. The second-order valence-electron chi connectivity index (χ2n) is 5.60. The molecule has 0 spiro atoms. The van der Waals surface area contributed by atoms with Gasteiger partial charge in [-0.25, -0.2) is 9.59 Å². The topological polar surface area (TPSA) is 95.9 Å². The summed E-state index contributed by atoms with van der Waals surface area (Å²) in [7, 11) is 0. The van der Waals surface area contributed by atoms with Gasteiger partial charge in [0.15, 0.2) is 0 Å². The molecule has 0 aromatic heterocycles. The molecule has 1 saturated carbocycles. The first kappa shape index (κ1) is 15.6. The Morgan fingerprint density at radius 2 is 1.81 bits per heavy atom. The zero-order valence-corrected chi connectivity index (χ0v) is 12.0. The Balaban J connectivity index is 1.72. The SMILES string of the molecule is O=C(NCC(=O)N1CCC[C@@H]1C(=O)O)OC1CCCCC1. The molecule has 21 heavy (non-hydrogen) atoms. The van der Waals surface area contributed by atoms with Crippen LogP contribution < -0.4 is 5.32 Å². The highest BCUT2D eigenvalue weighted by Gasteiger charge is 2.33. The summed E-state index contributed by atoms with van der Waals surface area (Å²) in [5.74, 6) is -1.37. The van der Waals surface area contributed by atoms with Crippen molar-refractivity contribution in [1.29, 1.82) is 0 Å². The number of aliphatic carboxylic acids is 1. The van der Waals surface area contributed by atoms with E-state index in [0.29, 0.717) is 19.4 Å². The van der Waals surface area contributed by atoms with Crippen LogP contribution in [0.4, 0.5) is 4.79 Å². The number of alkyl carbamates (subject to hydrolysis) is 1. The summed E-state index contributed by atoms with van der Waals surface area (Å²) in [5, 5.41) is 11.4. The molecule has 7 heteroatoms. The van der Waals surface area contributed by atoms with Crippen molar-refractivity contribution in [2.45, 2.75) is 57.1 Å². The average Bonchev–Trinajstić information content (AvgIpc) is 2.95. The normalized spacial score (nSPS) is 22.9. The molecule has 1 aliphatic carbocycles. The Labute approximate surface area is 123 Å². The highest BCUT2D eigenvalue weighted by atomic mass is 16.6. The molecule has 2 amide bonds. The molecule has 0 radical (unpaired) electrons. The zero-order valence-electron chi connectivity index (χ0n) is 12.0. The van der Waals surface area contributed by atoms with E-state index in [0.717, 1.165) is 25.7 Å². The van der Waals surface area contributed by atoms with Crippen LogP contribution >= 0.6 is 0 Å². The Kier molecular flexibility index (Phi) is 5.41. The molecule has 2 fully saturated rings. The smallest absolute Gasteiger partial charge is 0.407 e. The van der Waals surface area contributed by atoms with Gasteiger partial charge in [-0.3, -0.25) is 4.79 Å². The van der Waals surface area contributed by atoms with Crippen molar-refractivity contribution in [2.24, 2.45) is 0 Å². The number of ether oxygens (including phenoxy) is 1. The Morgan fingerprint density at radius 3 is 2.48 bits per heavy atom. The third kappa shape index (κ3) is 4.34. The molecule has 1 heterocycles. The van der Waals surface area contributed by atoms with Crippen LogP contribution in [-0.2, 0) is 14.3 Å². The lowest BCUT2D eigenvalue weighted by Crippen LogP contribution is -2.45. The molecule has 1 saturated heterocycles. The molecule has 0 unspecified atom stereocenters. The van der Waals surface area contributed by atoms with Gasteiger partial charge in [0.2, 0.25) is 5.91 Å². The van der Waals surface area contributed by atoms with Crippen LogP contribution in [-0.4, -0.2) is 53.2 Å². The molecule has 0 aromatic rings. The standard InChI is InChI=1S/C14H22N2O5/c17-12(16-8-4-7-11(16)13(18)19)9-15-14(20)21-10-5-2-1-3-6-10/h10-11H,1-9H2,(H,15,20)(H,18,19)/t11-/m1/s1. The van der Waals surface area contributed by atoms with Crippen molar-refractivity contribution in [1.82, 2.24) is 10.2 Å². The minimum absolute atomic E-state index is 0.0626. The third-order valence-corrected chi connectivity index (χ3v) is 4.07. The van der Waals surface area contributed by atoms with Crippen molar-refractivity contribution in [3.05, 3.63) is 0 Å². The van der Waals surface area contributed by atoms with Crippen molar-refractivity contribution in [3.8, 4) is 0 Å². The number of carbonyl (C=O) groups is 3. The molecule has 2 aliphatic rings. The van der Waals surface area contributed by atoms with Crippen molar-refractivity contribution in [2.75, 3.05) is 13.1 Å². The fourth-order valence-corrected chi connectivity index (χ4v) is 2.95. The van der Waals surface area contributed by atoms with Crippen LogP contribution in [0.15, 0.2) is 0 Å². The van der Waals surface area contributed by atoms with E-state index < -0.39 is 18.1 Å². The Morgan fingerprint density at radius 1 is 1.10 bits per heavy atom. The molecule has 1 atom stereocenters. The summed E-state index contributed by atoms with van der Waals surface area (Å²) in [6.07, 6.45) is 5.52. The summed E-state index contributed by atoms with van der Waals surface area (Å²) in [6.45, 7) is 0.213. The Hall–Kier alpha value is -1.79. The average molecular weight is 298 g/mol. The second-order valence-corrected chi connectivity index (χ2v) is 5.60. The van der Waals surface area contributed by atoms with Crippen LogP contribution in [0.25, 0.3) is 0 Å². The van der Waals surface area contributed by atoms with Gasteiger partial charge in [-0.2, -0.15) is 0 Å². The van der Waals surface area contributed by atoms with E-state index in [1.807, 2.05) is 0 Å². The lowest BCUT2D eigenvalue weighted by atomic mass is 9.98. The minimum atomic E-state index is -0.995. The van der Waals surface area contributed by atoms with E-state index in [9.17, 15) is 14.4 Å². The van der Waals surface area contributed by atoms with Gasteiger partial charge in [0.25, 0.3) is 0 Å². The maximum Gasteiger partial charge on any atom is 0.407 e. The third-order valence-electron chi connectivity index (χ3n) is 4.07. The van der Waals surface area contributed by atoms with Gasteiger partial charge in [0.05, 0.1) is 0 Å². The summed E-state index contributed by atoms with van der Waals surface area (Å²) >= 11 is 0. The van der Waals surface area contributed by atoms with E-state index in [4.69, 9.17) is 9.84 Å². The maximum absolute atomic E-state index is 11.9. The van der Waals surface area contributed by atoms with Gasteiger partial charge in [-0.05, 0) is 38.5 Å². The lowest BCUT2D eigenvalue weighted by molar-refractivity contribution is -0.147. The number of likely N-dealkylation sites (tertiary alicyclic amines) is 1. The van der Waals surface area contributed by atoms with Gasteiger partial charge >= 0.3 is 12.1 Å². The molecule has 2 N–H and O–H groups in total. The molecule has 2 rings (SSSR count). The first-order valence-corrected chi connectivity index (χ1v) is 7.54. The van der Waals surface area contributed by atoms with Gasteiger partial charge in [0, 0.05) is 6.54 Å². The number of hydrogen-bond donors (Lipinski definition) is 2. The Bertz CT molecular complexity index is 406. The van der Waals surface area contributed by atoms with E-state index >= 15 is 0 Å². The predicted octanol–water partition coefficient (Wildman–Crippen LogP) is 1.12. The summed E-state index contributed by atoms with van der Waals surface area (Å²) in [5.41, 5.74) is 0. The highest BCUT2D eigenvalue weighted by molar-refractivity contribution is 5.87. The van der Waals surface area contributed by atoms with E-state index in [2.05, 4.69) is 5.32 Å². The monoisotopic (exact) mass is 298 g/mol. The first-order chi connectivity index (χ1) is 10.1. The van der Waals surface area contributed by atoms with Crippen LogP contribution in [0, 0.1) is 0 Å². The second kappa shape index (κ2) is 7.28. The number of nitrogens with zero attached hydrogens (tertiary/aromatic N) is 1. The molecule has 1 aliphatic heterocycles.